The summed E-state index contributed by atoms with van der Waals surface area (Å²) in [7, 11) is 1.98. The van der Waals surface area contributed by atoms with Crippen molar-refractivity contribution in [3.8, 4) is 5.88 Å². The van der Waals surface area contributed by atoms with Crippen molar-refractivity contribution in [1.82, 2.24) is 4.98 Å². The van der Waals surface area contributed by atoms with Gasteiger partial charge in [0, 0.05) is 26.2 Å². The standard InChI is InChI=1S/C12H21N3O2/c1-3-17-12-6-4-5-11(14-12)15(2)8-10-16-9-7-13/h4-6H,3,7-10,13H2,1-2H3. The molecule has 0 unspecified atom stereocenters. The van der Waals surface area contributed by atoms with Crippen molar-refractivity contribution in [2.24, 2.45) is 5.73 Å². The lowest BCUT2D eigenvalue weighted by atomic mass is 10.4. The van der Waals surface area contributed by atoms with Crippen LogP contribution >= 0.6 is 0 Å². The fraction of sp³-hybridized carbons (Fsp3) is 0.583. The number of aromatic nitrogens is 1. The lowest BCUT2D eigenvalue weighted by Gasteiger charge is -2.18. The Hall–Kier alpha value is -1.33. The minimum absolute atomic E-state index is 0.557. The summed E-state index contributed by atoms with van der Waals surface area (Å²) in [6.45, 7) is 5.15. The second kappa shape index (κ2) is 7.86. The van der Waals surface area contributed by atoms with Gasteiger partial charge in [0.05, 0.1) is 19.8 Å². The number of anilines is 1. The van der Waals surface area contributed by atoms with Crippen LogP contribution in [0.3, 0.4) is 0 Å². The summed E-state index contributed by atoms with van der Waals surface area (Å²) in [5.74, 6) is 1.53. The van der Waals surface area contributed by atoms with Crippen LogP contribution in [-0.4, -0.2) is 44.9 Å². The lowest BCUT2D eigenvalue weighted by molar-refractivity contribution is 0.148. The predicted molar refractivity (Wildman–Crippen MR) is 68.5 cm³/mol. The maximum absolute atomic E-state index is 5.35. The van der Waals surface area contributed by atoms with Gasteiger partial charge in [0.15, 0.2) is 0 Å². The lowest BCUT2D eigenvalue weighted by Crippen LogP contribution is -2.24. The largest absolute Gasteiger partial charge is 0.478 e. The van der Waals surface area contributed by atoms with Crippen LogP contribution < -0.4 is 15.4 Å². The summed E-state index contributed by atoms with van der Waals surface area (Å²) < 4.78 is 10.7. The zero-order valence-corrected chi connectivity index (χ0v) is 10.6. The van der Waals surface area contributed by atoms with Crippen molar-refractivity contribution in [2.45, 2.75) is 6.92 Å². The van der Waals surface area contributed by atoms with Gasteiger partial charge in [-0.3, -0.25) is 0 Å². The van der Waals surface area contributed by atoms with E-state index in [2.05, 4.69) is 4.98 Å². The molecule has 1 heterocycles. The predicted octanol–water partition coefficient (Wildman–Crippen LogP) is 0.892. The Morgan fingerprint density at radius 2 is 2.18 bits per heavy atom. The van der Waals surface area contributed by atoms with E-state index < -0.39 is 0 Å². The molecule has 0 saturated carbocycles. The highest BCUT2D eigenvalue weighted by Gasteiger charge is 2.03. The molecule has 0 aliphatic rings. The fourth-order valence-electron chi connectivity index (χ4n) is 1.35. The third-order valence-electron chi connectivity index (χ3n) is 2.23. The minimum atomic E-state index is 0.557. The van der Waals surface area contributed by atoms with E-state index in [-0.39, 0.29) is 0 Å². The first-order chi connectivity index (χ1) is 8.27. The first kappa shape index (κ1) is 13.7. The Bertz CT molecular complexity index is 320. The number of pyridine rings is 1. The summed E-state index contributed by atoms with van der Waals surface area (Å²) in [6, 6.07) is 5.74. The van der Waals surface area contributed by atoms with Gasteiger partial charge in [0.2, 0.25) is 5.88 Å². The number of nitrogens with two attached hydrogens (primary N) is 1. The van der Waals surface area contributed by atoms with E-state index >= 15 is 0 Å². The van der Waals surface area contributed by atoms with Crippen LogP contribution in [0.15, 0.2) is 18.2 Å². The first-order valence-electron chi connectivity index (χ1n) is 5.86. The molecule has 1 aromatic heterocycles. The van der Waals surface area contributed by atoms with Crippen molar-refractivity contribution < 1.29 is 9.47 Å². The Balaban J connectivity index is 2.44. The highest BCUT2D eigenvalue weighted by Crippen LogP contribution is 2.14. The molecule has 0 aliphatic heterocycles. The molecule has 1 aromatic rings. The average molecular weight is 239 g/mol. The number of ether oxygens (including phenoxy) is 2. The summed E-state index contributed by atoms with van der Waals surface area (Å²) in [4.78, 5) is 6.41. The van der Waals surface area contributed by atoms with Crippen LogP contribution in [0.5, 0.6) is 5.88 Å². The van der Waals surface area contributed by atoms with E-state index in [1.165, 1.54) is 0 Å². The summed E-state index contributed by atoms with van der Waals surface area (Å²) in [6.07, 6.45) is 0. The van der Waals surface area contributed by atoms with Gasteiger partial charge < -0.3 is 20.1 Å². The van der Waals surface area contributed by atoms with E-state index in [9.17, 15) is 0 Å². The molecule has 17 heavy (non-hydrogen) atoms. The molecular formula is C12H21N3O2. The van der Waals surface area contributed by atoms with Crippen molar-refractivity contribution in [3.63, 3.8) is 0 Å². The molecule has 0 aromatic carbocycles. The topological polar surface area (TPSA) is 60.6 Å². The molecule has 0 atom stereocenters. The van der Waals surface area contributed by atoms with Crippen molar-refractivity contribution in [3.05, 3.63) is 18.2 Å². The molecule has 0 radical (unpaired) electrons. The van der Waals surface area contributed by atoms with Crippen LogP contribution in [0.2, 0.25) is 0 Å². The molecule has 1 rings (SSSR count). The number of hydrogen-bond donors (Lipinski definition) is 1. The van der Waals surface area contributed by atoms with Crippen LogP contribution in [0.25, 0.3) is 0 Å². The van der Waals surface area contributed by atoms with E-state index in [4.69, 9.17) is 15.2 Å². The van der Waals surface area contributed by atoms with Gasteiger partial charge >= 0.3 is 0 Å². The average Bonchev–Trinajstić information content (AvgIpc) is 2.35. The molecule has 0 saturated heterocycles. The maximum Gasteiger partial charge on any atom is 0.215 e. The van der Waals surface area contributed by atoms with Crippen LogP contribution in [0, 0.1) is 0 Å². The van der Waals surface area contributed by atoms with Crippen molar-refractivity contribution >= 4 is 5.82 Å². The molecule has 2 N–H and O–H groups in total. The number of likely N-dealkylation sites (N-methyl/N-ethyl adjacent to an activating group) is 1. The Kier molecular flexibility index (Phi) is 6.35. The summed E-state index contributed by atoms with van der Waals surface area (Å²) >= 11 is 0. The molecule has 0 aliphatic carbocycles. The van der Waals surface area contributed by atoms with Gasteiger partial charge in [-0.15, -0.1) is 0 Å². The monoisotopic (exact) mass is 239 g/mol. The quantitative estimate of drug-likeness (QED) is 0.683. The molecule has 5 heteroatoms. The Morgan fingerprint density at radius 1 is 1.35 bits per heavy atom. The summed E-state index contributed by atoms with van der Waals surface area (Å²) in [5.41, 5.74) is 5.34. The highest BCUT2D eigenvalue weighted by molar-refractivity contribution is 5.39. The van der Waals surface area contributed by atoms with E-state index in [0.29, 0.717) is 32.2 Å². The highest BCUT2D eigenvalue weighted by atomic mass is 16.5. The van der Waals surface area contributed by atoms with Gasteiger partial charge in [-0.1, -0.05) is 6.07 Å². The molecule has 0 amide bonds. The van der Waals surface area contributed by atoms with Gasteiger partial charge in [0.25, 0.3) is 0 Å². The third-order valence-corrected chi connectivity index (χ3v) is 2.23. The third kappa shape index (κ3) is 5.01. The zero-order chi connectivity index (χ0) is 12.5. The van der Waals surface area contributed by atoms with E-state index in [0.717, 1.165) is 12.4 Å². The van der Waals surface area contributed by atoms with Gasteiger partial charge in [0.1, 0.15) is 5.82 Å². The van der Waals surface area contributed by atoms with Crippen molar-refractivity contribution in [2.75, 3.05) is 44.9 Å². The molecule has 0 spiro atoms. The molecule has 0 fully saturated rings. The van der Waals surface area contributed by atoms with Crippen LogP contribution in [0.4, 0.5) is 5.82 Å². The Morgan fingerprint density at radius 3 is 2.88 bits per heavy atom. The van der Waals surface area contributed by atoms with E-state index in [1.54, 1.807) is 0 Å². The normalized spacial score (nSPS) is 10.3. The number of hydrogen-bond acceptors (Lipinski definition) is 5. The SMILES string of the molecule is CCOc1cccc(N(C)CCOCCN)n1. The van der Waals surface area contributed by atoms with Gasteiger partial charge in [-0.05, 0) is 13.0 Å². The van der Waals surface area contributed by atoms with Crippen LogP contribution in [0.1, 0.15) is 6.92 Å². The summed E-state index contributed by atoms with van der Waals surface area (Å²) in [5, 5.41) is 0. The van der Waals surface area contributed by atoms with Gasteiger partial charge in [-0.25, -0.2) is 0 Å². The first-order valence-corrected chi connectivity index (χ1v) is 5.86. The van der Waals surface area contributed by atoms with Gasteiger partial charge in [-0.2, -0.15) is 4.98 Å². The number of nitrogens with zero attached hydrogens (tertiary/aromatic N) is 2. The van der Waals surface area contributed by atoms with E-state index in [1.807, 2.05) is 37.1 Å². The van der Waals surface area contributed by atoms with Crippen LogP contribution in [-0.2, 0) is 4.74 Å². The second-order valence-electron chi connectivity index (χ2n) is 3.59. The molecule has 0 bridgehead atoms. The van der Waals surface area contributed by atoms with Crippen molar-refractivity contribution in [1.29, 1.82) is 0 Å². The smallest absolute Gasteiger partial charge is 0.215 e. The second-order valence-corrected chi connectivity index (χ2v) is 3.59. The minimum Gasteiger partial charge on any atom is -0.478 e. The maximum atomic E-state index is 5.35. The molecular weight excluding hydrogens is 218 g/mol. The zero-order valence-electron chi connectivity index (χ0n) is 10.6. The molecule has 5 nitrogen and oxygen atoms in total. The fourth-order valence-corrected chi connectivity index (χ4v) is 1.35. The molecule has 96 valence electrons. The Labute approximate surface area is 103 Å². The number of rotatable bonds is 8.